The minimum Gasteiger partial charge on any atom is -0.365 e. The van der Waals surface area contributed by atoms with Crippen LogP contribution in [0, 0.1) is 0 Å². The molecule has 162 valence electrons. The maximum absolute atomic E-state index is 11.7. The highest BCUT2D eigenvalue weighted by molar-refractivity contribution is 5.92. The predicted octanol–water partition coefficient (Wildman–Crippen LogP) is 3.13. The smallest absolute Gasteiger partial charge is 0.158 e. The standard InChI is InChI=1S/C25H31N5O/c1-28-18-20-8-10-21(31)17-23(20)27-24(28)7-4-12-29-13-15-30(16-14-29)25-11-9-19-5-2-3-6-22(19)26-25/h2-3,5-6,9,11,17-18,24,27H,4,7-8,10,12-16H2,1H3. The SMILES string of the molecule is CN1C=C2CCC(=O)C=C2NC1CCCN1CCN(c2ccc3ccccc3n2)CC1. The number of carbonyl (C=O) groups excluding carboxylic acids is 1. The van der Waals surface area contributed by atoms with E-state index in [4.69, 9.17) is 4.98 Å². The van der Waals surface area contributed by atoms with Gasteiger partial charge in [-0.25, -0.2) is 4.98 Å². The van der Waals surface area contributed by atoms with Crippen LogP contribution in [-0.4, -0.2) is 66.5 Å². The van der Waals surface area contributed by atoms with Crippen LogP contribution >= 0.6 is 0 Å². The molecule has 0 spiro atoms. The van der Waals surface area contributed by atoms with Crippen LogP contribution in [0.5, 0.6) is 0 Å². The lowest BCUT2D eigenvalue weighted by Crippen LogP contribution is -2.48. The maximum Gasteiger partial charge on any atom is 0.158 e. The summed E-state index contributed by atoms with van der Waals surface area (Å²) >= 11 is 0. The summed E-state index contributed by atoms with van der Waals surface area (Å²) < 4.78 is 0. The van der Waals surface area contributed by atoms with Crippen molar-refractivity contribution >= 4 is 22.5 Å². The van der Waals surface area contributed by atoms with Crippen molar-refractivity contribution in [2.45, 2.75) is 31.8 Å². The van der Waals surface area contributed by atoms with Gasteiger partial charge in [0.1, 0.15) is 5.82 Å². The Morgan fingerprint density at radius 1 is 1.06 bits per heavy atom. The van der Waals surface area contributed by atoms with Gasteiger partial charge in [0.15, 0.2) is 5.78 Å². The van der Waals surface area contributed by atoms with Crippen molar-refractivity contribution in [3.05, 3.63) is 59.9 Å². The van der Waals surface area contributed by atoms with Crippen LogP contribution < -0.4 is 10.2 Å². The molecule has 5 rings (SSSR count). The first-order valence-electron chi connectivity index (χ1n) is 11.4. The number of fused-ring (bicyclic) bond motifs is 2. The molecule has 31 heavy (non-hydrogen) atoms. The molecule has 0 radical (unpaired) electrons. The number of nitrogens with zero attached hydrogens (tertiary/aromatic N) is 4. The molecule has 1 aliphatic carbocycles. The van der Waals surface area contributed by atoms with Crippen molar-refractivity contribution in [2.75, 3.05) is 44.7 Å². The van der Waals surface area contributed by atoms with Gasteiger partial charge in [-0.05, 0) is 49.6 Å². The normalized spacial score (nSPS) is 22.1. The number of hydrogen-bond acceptors (Lipinski definition) is 6. The Labute approximate surface area is 184 Å². The lowest BCUT2D eigenvalue weighted by Gasteiger charge is -2.38. The average molecular weight is 418 g/mol. The lowest BCUT2D eigenvalue weighted by molar-refractivity contribution is -0.114. The first-order chi connectivity index (χ1) is 15.2. The van der Waals surface area contributed by atoms with Crippen LogP contribution in [0.15, 0.2) is 59.9 Å². The second-order valence-electron chi connectivity index (χ2n) is 8.84. The zero-order valence-electron chi connectivity index (χ0n) is 18.3. The van der Waals surface area contributed by atoms with Gasteiger partial charge in [0.05, 0.1) is 11.7 Å². The van der Waals surface area contributed by atoms with Crippen molar-refractivity contribution < 1.29 is 4.79 Å². The molecule has 1 saturated heterocycles. The fourth-order valence-corrected chi connectivity index (χ4v) is 4.82. The van der Waals surface area contributed by atoms with Crippen LogP contribution in [0.25, 0.3) is 10.9 Å². The number of rotatable bonds is 5. The molecule has 3 heterocycles. The lowest BCUT2D eigenvalue weighted by atomic mass is 9.96. The number of para-hydroxylation sites is 1. The molecule has 1 atom stereocenters. The van der Waals surface area contributed by atoms with Gasteiger partial charge in [0.2, 0.25) is 0 Å². The van der Waals surface area contributed by atoms with Crippen LogP contribution in [0.4, 0.5) is 5.82 Å². The molecule has 0 amide bonds. The number of pyridine rings is 1. The number of nitrogens with one attached hydrogen (secondary N) is 1. The summed E-state index contributed by atoms with van der Waals surface area (Å²) in [6.45, 7) is 5.31. The van der Waals surface area contributed by atoms with Gasteiger partial charge in [-0.2, -0.15) is 0 Å². The average Bonchev–Trinajstić information content (AvgIpc) is 2.80. The monoisotopic (exact) mass is 417 g/mol. The summed E-state index contributed by atoms with van der Waals surface area (Å²) in [5, 5.41) is 4.78. The van der Waals surface area contributed by atoms with E-state index < -0.39 is 0 Å². The number of benzene rings is 1. The molecule has 2 aromatic rings. The molecule has 1 aromatic heterocycles. The Balaban J connectivity index is 1.10. The number of piperazine rings is 1. The Morgan fingerprint density at radius 3 is 2.77 bits per heavy atom. The van der Waals surface area contributed by atoms with Crippen molar-refractivity contribution in [3.63, 3.8) is 0 Å². The largest absolute Gasteiger partial charge is 0.365 e. The van der Waals surface area contributed by atoms with Gasteiger partial charge in [0.25, 0.3) is 0 Å². The number of hydrogen-bond donors (Lipinski definition) is 1. The van der Waals surface area contributed by atoms with E-state index in [2.05, 4.69) is 69.7 Å². The van der Waals surface area contributed by atoms with E-state index in [9.17, 15) is 4.79 Å². The van der Waals surface area contributed by atoms with Crippen LogP contribution in [-0.2, 0) is 4.79 Å². The fraction of sp³-hybridized carbons (Fsp3) is 0.440. The second kappa shape index (κ2) is 8.71. The van der Waals surface area contributed by atoms with E-state index in [1.807, 2.05) is 0 Å². The van der Waals surface area contributed by atoms with Crippen LogP contribution in [0.2, 0.25) is 0 Å². The Bertz CT molecular complexity index is 1020. The number of aromatic nitrogens is 1. The van der Waals surface area contributed by atoms with E-state index in [-0.39, 0.29) is 11.9 Å². The number of carbonyl (C=O) groups is 1. The summed E-state index contributed by atoms with van der Waals surface area (Å²) in [4.78, 5) is 23.8. The molecule has 6 nitrogen and oxygen atoms in total. The van der Waals surface area contributed by atoms with Crippen molar-refractivity contribution in [1.82, 2.24) is 20.1 Å². The summed E-state index contributed by atoms with van der Waals surface area (Å²) in [6, 6.07) is 12.6. The third-order valence-electron chi connectivity index (χ3n) is 6.70. The minimum atomic E-state index is 0.238. The highest BCUT2D eigenvalue weighted by atomic mass is 16.1. The quantitative estimate of drug-likeness (QED) is 0.807. The van der Waals surface area contributed by atoms with Crippen LogP contribution in [0.1, 0.15) is 25.7 Å². The maximum atomic E-state index is 11.7. The summed E-state index contributed by atoms with van der Waals surface area (Å²) in [5.41, 5.74) is 3.37. The first-order valence-corrected chi connectivity index (χ1v) is 11.4. The van der Waals surface area contributed by atoms with Gasteiger partial charge < -0.3 is 15.1 Å². The van der Waals surface area contributed by atoms with E-state index in [0.29, 0.717) is 6.42 Å². The van der Waals surface area contributed by atoms with Gasteiger partial charge in [-0.3, -0.25) is 9.69 Å². The minimum absolute atomic E-state index is 0.238. The second-order valence-corrected chi connectivity index (χ2v) is 8.84. The molecule has 1 fully saturated rings. The van der Waals surface area contributed by atoms with Gasteiger partial charge >= 0.3 is 0 Å². The molecule has 1 N–H and O–H groups in total. The molecule has 3 aliphatic rings. The van der Waals surface area contributed by atoms with Gasteiger partial charge in [-0.15, -0.1) is 0 Å². The predicted molar refractivity (Wildman–Crippen MR) is 125 cm³/mol. The van der Waals surface area contributed by atoms with Crippen molar-refractivity contribution in [3.8, 4) is 0 Å². The fourth-order valence-electron chi connectivity index (χ4n) is 4.82. The summed E-state index contributed by atoms with van der Waals surface area (Å²) in [6.07, 6.45) is 7.97. The Morgan fingerprint density at radius 2 is 1.90 bits per heavy atom. The highest BCUT2D eigenvalue weighted by Gasteiger charge is 2.25. The number of allylic oxidation sites excluding steroid dienone is 2. The first kappa shape index (κ1) is 20.1. The Hall–Kier alpha value is -2.86. The molecule has 0 bridgehead atoms. The molecule has 0 saturated carbocycles. The number of ketones is 1. The molecular weight excluding hydrogens is 386 g/mol. The molecule has 2 aliphatic heterocycles. The summed E-state index contributed by atoms with van der Waals surface area (Å²) in [7, 11) is 2.13. The summed E-state index contributed by atoms with van der Waals surface area (Å²) in [5.74, 6) is 1.33. The van der Waals surface area contributed by atoms with Gasteiger partial charge in [0, 0.05) is 63.0 Å². The van der Waals surface area contributed by atoms with E-state index in [1.54, 1.807) is 6.08 Å². The molecule has 6 heteroatoms. The zero-order valence-corrected chi connectivity index (χ0v) is 18.3. The third kappa shape index (κ3) is 4.44. The molecule has 1 unspecified atom stereocenters. The Kier molecular flexibility index (Phi) is 5.64. The molecular formula is C25H31N5O. The number of anilines is 1. The van der Waals surface area contributed by atoms with E-state index in [1.165, 1.54) is 11.0 Å². The zero-order chi connectivity index (χ0) is 21.2. The van der Waals surface area contributed by atoms with Crippen molar-refractivity contribution in [2.24, 2.45) is 0 Å². The highest BCUT2D eigenvalue weighted by Crippen LogP contribution is 2.26. The van der Waals surface area contributed by atoms with E-state index in [0.717, 1.165) is 69.0 Å². The molecule has 1 aromatic carbocycles. The van der Waals surface area contributed by atoms with E-state index >= 15 is 0 Å². The topological polar surface area (TPSA) is 51.7 Å². The van der Waals surface area contributed by atoms with Crippen molar-refractivity contribution in [1.29, 1.82) is 0 Å². The third-order valence-corrected chi connectivity index (χ3v) is 6.70. The van der Waals surface area contributed by atoms with Gasteiger partial charge in [-0.1, -0.05) is 18.2 Å². The van der Waals surface area contributed by atoms with Crippen LogP contribution in [0.3, 0.4) is 0 Å².